The average molecular weight is 381 g/mol. The topological polar surface area (TPSA) is 103 Å². The molecule has 0 aliphatic carbocycles. The Morgan fingerprint density at radius 2 is 2.11 bits per heavy atom. The van der Waals surface area contributed by atoms with Crippen LogP contribution in [-0.2, 0) is 6.54 Å². The predicted octanol–water partition coefficient (Wildman–Crippen LogP) is 3.07. The summed E-state index contributed by atoms with van der Waals surface area (Å²) in [4.78, 5) is 25.0. The molecular weight excluding hydrogens is 366 g/mol. The third-order valence-electron chi connectivity index (χ3n) is 3.64. The smallest absolute Gasteiger partial charge is 0.280 e. The summed E-state index contributed by atoms with van der Waals surface area (Å²) in [6, 6.07) is 11.1. The molecule has 8 nitrogen and oxygen atoms in total. The number of ether oxygens (including phenoxy) is 1. The van der Waals surface area contributed by atoms with E-state index in [-0.39, 0.29) is 12.5 Å². The highest BCUT2D eigenvalue weighted by molar-refractivity contribution is 7.20. The summed E-state index contributed by atoms with van der Waals surface area (Å²) in [6.07, 6.45) is 1.61. The summed E-state index contributed by atoms with van der Waals surface area (Å²) in [5, 5.41) is 7.06. The molecule has 1 amide bonds. The van der Waals surface area contributed by atoms with Crippen molar-refractivity contribution in [2.45, 2.75) is 13.5 Å². The Labute approximate surface area is 158 Å². The highest BCUT2D eigenvalue weighted by Crippen LogP contribution is 2.21. The van der Waals surface area contributed by atoms with Gasteiger partial charge >= 0.3 is 0 Å². The molecule has 4 aromatic rings. The summed E-state index contributed by atoms with van der Waals surface area (Å²) < 4.78 is 11.5. The number of rotatable bonds is 6. The lowest BCUT2D eigenvalue weighted by atomic mass is 10.3. The number of carbonyl (C=O) groups is 1. The molecule has 0 saturated heterocycles. The Kier molecular flexibility index (Phi) is 4.75. The fourth-order valence-electron chi connectivity index (χ4n) is 2.39. The van der Waals surface area contributed by atoms with Gasteiger partial charge in [0.15, 0.2) is 5.01 Å². The van der Waals surface area contributed by atoms with Gasteiger partial charge in [-0.15, -0.1) is 11.3 Å². The van der Waals surface area contributed by atoms with E-state index < -0.39 is 0 Å². The standard InChI is InChI=1S/C18H15N5O3S/c1-2-25-14-8-7-11(9-19-14)16-22-15(26-23-16)10-20-17(24)18-21-12-5-3-4-6-13(12)27-18/h3-9H,2,10H2,1H3,(H,20,24). The van der Waals surface area contributed by atoms with Crippen LogP contribution in [0.3, 0.4) is 0 Å². The Bertz CT molecular complexity index is 1040. The number of fused-ring (bicyclic) bond motifs is 1. The number of hydrogen-bond acceptors (Lipinski definition) is 8. The Morgan fingerprint density at radius 1 is 1.22 bits per heavy atom. The first-order valence-electron chi connectivity index (χ1n) is 8.28. The van der Waals surface area contributed by atoms with Crippen LogP contribution in [0.15, 0.2) is 47.1 Å². The molecule has 0 atom stereocenters. The maximum absolute atomic E-state index is 12.3. The van der Waals surface area contributed by atoms with E-state index in [0.717, 1.165) is 10.2 Å². The van der Waals surface area contributed by atoms with Crippen LogP contribution in [0.2, 0.25) is 0 Å². The van der Waals surface area contributed by atoms with Crippen LogP contribution in [0.5, 0.6) is 5.88 Å². The number of nitrogens with one attached hydrogen (secondary N) is 1. The number of thiazole rings is 1. The molecule has 0 aliphatic rings. The molecule has 136 valence electrons. The van der Waals surface area contributed by atoms with Crippen molar-refractivity contribution in [1.29, 1.82) is 0 Å². The van der Waals surface area contributed by atoms with Gasteiger partial charge in [-0.25, -0.2) is 9.97 Å². The second kappa shape index (κ2) is 7.50. The fraction of sp³-hybridized carbons (Fsp3) is 0.167. The molecule has 0 radical (unpaired) electrons. The number of amides is 1. The maximum Gasteiger partial charge on any atom is 0.280 e. The fourth-order valence-corrected chi connectivity index (χ4v) is 3.27. The normalized spacial score (nSPS) is 10.9. The highest BCUT2D eigenvalue weighted by atomic mass is 32.1. The van der Waals surface area contributed by atoms with E-state index in [2.05, 4.69) is 25.4 Å². The van der Waals surface area contributed by atoms with Gasteiger partial charge in [-0.2, -0.15) is 4.98 Å². The van der Waals surface area contributed by atoms with Crippen LogP contribution in [0.1, 0.15) is 22.6 Å². The predicted molar refractivity (Wildman–Crippen MR) is 99.5 cm³/mol. The molecule has 3 heterocycles. The summed E-state index contributed by atoms with van der Waals surface area (Å²) in [7, 11) is 0. The molecular formula is C18H15N5O3S. The zero-order chi connectivity index (χ0) is 18.6. The minimum Gasteiger partial charge on any atom is -0.478 e. The van der Waals surface area contributed by atoms with Gasteiger partial charge in [0.2, 0.25) is 17.6 Å². The zero-order valence-electron chi connectivity index (χ0n) is 14.4. The first-order valence-corrected chi connectivity index (χ1v) is 9.10. The lowest BCUT2D eigenvalue weighted by molar-refractivity contribution is 0.0946. The molecule has 27 heavy (non-hydrogen) atoms. The van der Waals surface area contributed by atoms with Crippen LogP contribution in [0, 0.1) is 0 Å². The Hall–Kier alpha value is -3.33. The SMILES string of the molecule is CCOc1ccc(-c2noc(CNC(=O)c3nc4ccccc4s3)n2)cn1. The first-order chi connectivity index (χ1) is 13.2. The number of aromatic nitrogens is 4. The van der Waals surface area contributed by atoms with Crippen LogP contribution in [0.25, 0.3) is 21.6 Å². The van der Waals surface area contributed by atoms with E-state index in [0.29, 0.717) is 34.8 Å². The third-order valence-corrected chi connectivity index (χ3v) is 4.68. The number of para-hydroxylation sites is 1. The minimum absolute atomic E-state index is 0.117. The lowest BCUT2D eigenvalue weighted by Crippen LogP contribution is -2.22. The molecule has 0 bridgehead atoms. The van der Waals surface area contributed by atoms with E-state index in [1.54, 1.807) is 18.3 Å². The summed E-state index contributed by atoms with van der Waals surface area (Å²) in [6.45, 7) is 2.56. The van der Waals surface area contributed by atoms with Crippen molar-refractivity contribution >= 4 is 27.5 Å². The van der Waals surface area contributed by atoms with E-state index in [1.807, 2.05) is 31.2 Å². The van der Waals surface area contributed by atoms with Gasteiger partial charge in [0.25, 0.3) is 5.91 Å². The molecule has 3 aromatic heterocycles. The summed E-state index contributed by atoms with van der Waals surface area (Å²) in [5.41, 5.74) is 1.50. The largest absolute Gasteiger partial charge is 0.478 e. The second-order valence-electron chi connectivity index (χ2n) is 5.50. The monoisotopic (exact) mass is 381 g/mol. The molecule has 0 fully saturated rings. The molecule has 1 aromatic carbocycles. The highest BCUT2D eigenvalue weighted by Gasteiger charge is 2.14. The van der Waals surface area contributed by atoms with Gasteiger partial charge in [-0.1, -0.05) is 17.3 Å². The van der Waals surface area contributed by atoms with E-state index >= 15 is 0 Å². The van der Waals surface area contributed by atoms with Crippen molar-refractivity contribution < 1.29 is 14.1 Å². The van der Waals surface area contributed by atoms with Crippen LogP contribution in [-0.4, -0.2) is 32.6 Å². The van der Waals surface area contributed by atoms with Crippen LogP contribution >= 0.6 is 11.3 Å². The number of carbonyl (C=O) groups excluding carboxylic acids is 1. The van der Waals surface area contributed by atoms with Gasteiger partial charge in [0.05, 0.1) is 23.4 Å². The van der Waals surface area contributed by atoms with Crippen molar-refractivity contribution in [3.8, 4) is 17.3 Å². The van der Waals surface area contributed by atoms with E-state index in [4.69, 9.17) is 9.26 Å². The van der Waals surface area contributed by atoms with Crippen molar-refractivity contribution in [2.75, 3.05) is 6.61 Å². The zero-order valence-corrected chi connectivity index (χ0v) is 15.2. The molecule has 1 N–H and O–H groups in total. The third kappa shape index (κ3) is 3.77. The van der Waals surface area contributed by atoms with Crippen molar-refractivity contribution in [2.24, 2.45) is 0 Å². The van der Waals surface area contributed by atoms with Crippen molar-refractivity contribution in [1.82, 2.24) is 25.4 Å². The molecule has 0 saturated carbocycles. The van der Waals surface area contributed by atoms with Gasteiger partial charge in [-0.3, -0.25) is 4.79 Å². The molecule has 9 heteroatoms. The quantitative estimate of drug-likeness (QED) is 0.547. The van der Waals surface area contributed by atoms with Crippen molar-refractivity contribution in [3.05, 3.63) is 53.5 Å². The number of benzene rings is 1. The van der Waals surface area contributed by atoms with Gasteiger partial charge in [-0.05, 0) is 25.1 Å². The van der Waals surface area contributed by atoms with E-state index in [9.17, 15) is 4.79 Å². The number of nitrogens with zero attached hydrogens (tertiary/aromatic N) is 4. The summed E-state index contributed by atoms with van der Waals surface area (Å²) in [5.74, 6) is 0.954. The number of pyridine rings is 1. The van der Waals surface area contributed by atoms with Crippen LogP contribution < -0.4 is 10.1 Å². The van der Waals surface area contributed by atoms with E-state index in [1.165, 1.54) is 11.3 Å². The first kappa shape index (κ1) is 17.1. The molecule has 0 aliphatic heterocycles. The summed E-state index contributed by atoms with van der Waals surface area (Å²) >= 11 is 1.34. The molecule has 0 unspecified atom stereocenters. The van der Waals surface area contributed by atoms with Gasteiger partial charge in [0, 0.05) is 17.8 Å². The van der Waals surface area contributed by atoms with Crippen LogP contribution in [0.4, 0.5) is 0 Å². The average Bonchev–Trinajstić information content (AvgIpc) is 3.34. The van der Waals surface area contributed by atoms with Gasteiger partial charge < -0.3 is 14.6 Å². The van der Waals surface area contributed by atoms with Gasteiger partial charge in [0.1, 0.15) is 0 Å². The lowest BCUT2D eigenvalue weighted by Gasteiger charge is -2.00. The number of hydrogen-bond donors (Lipinski definition) is 1. The molecule has 0 spiro atoms. The second-order valence-corrected chi connectivity index (χ2v) is 6.53. The maximum atomic E-state index is 12.3. The Morgan fingerprint density at radius 3 is 2.89 bits per heavy atom. The van der Waals surface area contributed by atoms with Crippen molar-refractivity contribution in [3.63, 3.8) is 0 Å². The Balaban J connectivity index is 1.41. The molecule has 4 rings (SSSR count). The minimum atomic E-state index is -0.279.